The number of aryl methyl sites for hydroxylation is 1. The fourth-order valence-electron chi connectivity index (χ4n) is 2.80. The summed E-state index contributed by atoms with van der Waals surface area (Å²) in [6.45, 7) is 5.67. The lowest BCUT2D eigenvalue weighted by Crippen LogP contribution is -2.41. The highest BCUT2D eigenvalue weighted by Gasteiger charge is 2.24. The van der Waals surface area contributed by atoms with E-state index < -0.39 is 23.5 Å². The molecule has 1 aliphatic heterocycles. The highest BCUT2D eigenvalue weighted by atomic mass is 16.6. The molecule has 8 heteroatoms. The van der Waals surface area contributed by atoms with Gasteiger partial charge in [0.2, 0.25) is 0 Å². The SMILES string of the molecule is Cn1nc(N2CC=CC(=O)NC2=O)c2ccc(/C=C/C(=O)OC(C)(C)C)cc21. The zero-order valence-electron chi connectivity index (χ0n) is 16.2. The average Bonchev–Trinajstić information content (AvgIpc) is 2.80. The van der Waals surface area contributed by atoms with Gasteiger partial charge in [-0.25, -0.2) is 9.59 Å². The van der Waals surface area contributed by atoms with Crippen LogP contribution in [0, 0.1) is 0 Å². The first-order valence-corrected chi connectivity index (χ1v) is 8.81. The van der Waals surface area contributed by atoms with Gasteiger partial charge in [-0.2, -0.15) is 5.10 Å². The van der Waals surface area contributed by atoms with Crippen molar-refractivity contribution in [2.75, 3.05) is 11.4 Å². The number of amides is 3. The largest absolute Gasteiger partial charge is 0.457 e. The lowest BCUT2D eigenvalue weighted by molar-refractivity contribution is -0.148. The molecule has 0 spiro atoms. The Balaban J connectivity index is 1.89. The van der Waals surface area contributed by atoms with Crippen LogP contribution >= 0.6 is 0 Å². The molecule has 0 radical (unpaired) electrons. The molecule has 0 bridgehead atoms. The van der Waals surface area contributed by atoms with Gasteiger partial charge in [0.15, 0.2) is 5.82 Å². The fraction of sp³-hybridized carbons (Fsp3) is 0.300. The van der Waals surface area contributed by atoms with Crippen LogP contribution in [0.4, 0.5) is 10.6 Å². The number of rotatable bonds is 3. The van der Waals surface area contributed by atoms with Crippen molar-refractivity contribution in [1.82, 2.24) is 15.1 Å². The van der Waals surface area contributed by atoms with Crippen molar-refractivity contribution in [3.63, 3.8) is 0 Å². The monoisotopic (exact) mass is 382 g/mol. The molecular formula is C20H22N4O4. The summed E-state index contributed by atoms with van der Waals surface area (Å²) in [6.07, 6.45) is 5.98. The Labute approximate surface area is 162 Å². The van der Waals surface area contributed by atoms with Gasteiger partial charge in [0, 0.05) is 31.1 Å². The molecule has 0 aliphatic carbocycles. The molecule has 2 aromatic rings. The Bertz CT molecular complexity index is 1010. The van der Waals surface area contributed by atoms with Gasteiger partial charge in [0.1, 0.15) is 5.60 Å². The summed E-state index contributed by atoms with van der Waals surface area (Å²) >= 11 is 0. The quantitative estimate of drug-likeness (QED) is 0.650. The van der Waals surface area contributed by atoms with Crippen LogP contribution in [0.3, 0.4) is 0 Å². The average molecular weight is 382 g/mol. The highest BCUT2D eigenvalue weighted by molar-refractivity contribution is 6.10. The van der Waals surface area contributed by atoms with Crippen molar-refractivity contribution < 1.29 is 19.1 Å². The lowest BCUT2D eigenvalue weighted by Gasteiger charge is -2.17. The van der Waals surface area contributed by atoms with Crippen molar-refractivity contribution in [2.24, 2.45) is 7.05 Å². The Morgan fingerprint density at radius 2 is 2.04 bits per heavy atom. The second-order valence-electron chi connectivity index (χ2n) is 7.40. The molecule has 0 atom stereocenters. The van der Waals surface area contributed by atoms with Crippen LogP contribution in [0.2, 0.25) is 0 Å². The van der Waals surface area contributed by atoms with Gasteiger partial charge in [-0.05, 0) is 44.5 Å². The number of fused-ring (bicyclic) bond motifs is 1. The summed E-state index contributed by atoms with van der Waals surface area (Å²) in [5, 5.41) is 7.47. The van der Waals surface area contributed by atoms with E-state index in [2.05, 4.69) is 10.4 Å². The van der Waals surface area contributed by atoms with E-state index in [4.69, 9.17) is 4.74 Å². The summed E-state index contributed by atoms with van der Waals surface area (Å²) in [5.41, 5.74) is 1.03. The molecule has 8 nitrogen and oxygen atoms in total. The Morgan fingerprint density at radius 3 is 2.75 bits per heavy atom. The van der Waals surface area contributed by atoms with Crippen molar-refractivity contribution in [3.8, 4) is 0 Å². The number of urea groups is 1. The van der Waals surface area contributed by atoms with Crippen molar-refractivity contribution in [1.29, 1.82) is 0 Å². The van der Waals surface area contributed by atoms with Crippen LogP contribution in [0.15, 0.2) is 36.4 Å². The Morgan fingerprint density at radius 1 is 1.29 bits per heavy atom. The summed E-state index contributed by atoms with van der Waals surface area (Å²) in [5.74, 6) is -0.421. The van der Waals surface area contributed by atoms with Crippen molar-refractivity contribution >= 4 is 40.7 Å². The third kappa shape index (κ3) is 4.28. The van der Waals surface area contributed by atoms with Gasteiger partial charge < -0.3 is 4.74 Å². The number of carbonyl (C=O) groups excluding carboxylic acids is 3. The van der Waals surface area contributed by atoms with Crippen LogP contribution in [0.1, 0.15) is 26.3 Å². The zero-order chi connectivity index (χ0) is 20.5. The molecule has 1 aromatic carbocycles. The standard InChI is InChI=1S/C20H22N4O4/c1-20(2,3)28-17(26)10-8-13-7-9-14-15(12-13)23(4)22-18(14)24-11-5-6-16(25)21-19(24)27/h5-10,12H,11H2,1-4H3,(H,21,25,27)/b10-8+. The van der Waals surface area contributed by atoms with Gasteiger partial charge in [-0.3, -0.25) is 19.7 Å². The highest BCUT2D eigenvalue weighted by Crippen LogP contribution is 2.27. The zero-order valence-corrected chi connectivity index (χ0v) is 16.2. The van der Waals surface area contributed by atoms with Crippen LogP contribution in [-0.2, 0) is 21.4 Å². The van der Waals surface area contributed by atoms with Gasteiger partial charge in [0.05, 0.1) is 5.52 Å². The smallest absolute Gasteiger partial charge is 0.331 e. The minimum atomic E-state index is -0.550. The first-order valence-electron chi connectivity index (χ1n) is 8.81. The maximum Gasteiger partial charge on any atom is 0.331 e. The van der Waals surface area contributed by atoms with Crippen LogP contribution in [-0.4, -0.2) is 39.8 Å². The summed E-state index contributed by atoms with van der Waals surface area (Å²) < 4.78 is 6.91. The van der Waals surface area contributed by atoms with Gasteiger partial charge in [-0.15, -0.1) is 0 Å². The molecule has 1 aliphatic rings. The topological polar surface area (TPSA) is 93.5 Å². The predicted molar refractivity (Wildman–Crippen MR) is 106 cm³/mol. The molecule has 1 N–H and O–H groups in total. The number of nitrogens with one attached hydrogen (secondary N) is 1. The van der Waals surface area contributed by atoms with Crippen molar-refractivity contribution in [3.05, 3.63) is 42.0 Å². The number of anilines is 1. The van der Waals surface area contributed by atoms with E-state index in [-0.39, 0.29) is 6.54 Å². The Kier molecular flexibility index (Phi) is 5.04. The minimum Gasteiger partial charge on any atom is -0.457 e. The molecule has 0 saturated heterocycles. The molecular weight excluding hydrogens is 360 g/mol. The van der Waals surface area contributed by atoms with E-state index in [0.29, 0.717) is 5.82 Å². The molecule has 0 unspecified atom stereocenters. The predicted octanol–water partition coefficient (Wildman–Crippen LogP) is 2.54. The summed E-state index contributed by atoms with van der Waals surface area (Å²) in [4.78, 5) is 37.0. The molecule has 1 aromatic heterocycles. The maximum atomic E-state index is 12.3. The number of esters is 1. The molecule has 146 valence electrons. The van der Waals surface area contributed by atoms with Crippen LogP contribution in [0.25, 0.3) is 17.0 Å². The van der Waals surface area contributed by atoms with E-state index in [1.54, 1.807) is 23.9 Å². The minimum absolute atomic E-state index is 0.240. The van der Waals surface area contributed by atoms with E-state index in [1.807, 2.05) is 39.0 Å². The molecule has 0 saturated carbocycles. The number of benzene rings is 1. The second-order valence-corrected chi connectivity index (χ2v) is 7.40. The van der Waals surface area contributed by atoms with E-state index >= 15 is 0 Å². The third-order valence-electron chi connectivity index (χ3n) is 3.96. The first-order chi connectivity index (χ1) is 13.1. The normalized spacial score (nSPS) is 15.2. The second kappa shape index (κ2) is 7.30. The number of carbonyl (C=O) groups is 3. The van der Waals surface area contributed by atoms with Gasteiger partial charge in [-0.1, -0.05) is 12.1 Å². The number of ether oxygens (including phenoxy) is 1. The molecule has 0 fully saturated rings. The molecule has 2 heterocycles. The van der Waals surface area contributed by atoms with Crippen LogP contribution < -0.4 is 10.2 Å². The summed E-state index contributed by atoms with van der Waals surface area (Å²) in [6, 6.07) is 4.99. The fourth-order valence-corrected chi connectivity index (χ4v) is 2.80. The van der Waals surface area contributed by atoms with Gasteiger partial charge >= 0.3 is 12.0 Å². The maximum absolute atomic E-state index is 12.3. The van der Waals surface area contributed by atoms with Crippen molar-refractivity contribution in [2.45, 2.75) is 26.4 Å². The molecule has 3 rings (SSSR count). The number of imide groups is 1. The number of hydrogen-bond acceptors (Lipinski definition) is 5. The van der Waals surface area contributed by atoms with E-state index in [9.17, 15) is 14.4 Å². The van der Waals surface area contributed by atoms with E-state index in [0.717, 1.165) is 16.5 Å². The number of aromatic nitrogens is 2. The summed E-state index contributed by atoms with van der Waals surface area (Å²) in [7, 11) is 1.77. The van der Waals surface area contributed by atoms with Gasteiger partial charge in [0.25, 0.3) is 5.91 Å². The number of nitrogens with zero attached hydrogens (tertiary/aromatic N) is 3. The molecule has 28 heavy (non-hydrogen) atoms. The first kappa shape index (κ1) is 19.3. The third-order valence-corrected chi connectivity index (χ3v) is 3.96. The number of hydrogen-bond donors (Lipinski definition) is 1. The van der Waals surface area contributed by atoms with Crippen LogP contribution in [0.5, 0.6) is 0 Å². The molecule has 3 amide bonds. The van der Waals surface area contributed by atoms with E-state index in [1.165, 1.54) is 17.1 Å². The lowest BCUT2D eigenvalue weighted by atomic mass is 10.1. The Hall–Kier alpha value is -3.42.